The van der Waals surface area contributed by atoms with Crippen molar-refractivity contribution < 1.29 is 9.53 Å². The van der Waals surface area contributed by atoms with E-state index >= 15 is 0 Å². The summed E-state index contributed by atoms with van der Waals surface area (Å²) in [5, 5.41) is 6.19. The highest BCUT2D eigenvalue weighted by Crippen LogP contribution is 2.17. The lowest BCUT2D eigenvalue weighted by Crippen LogP contribution is -2.25. The molecule has 2 aromatic carbocycles. The maximum Gasteiger partial charge on any atom is 0.251 e. The molecular weight excluding hydrogens is 326 g/mol. The zero-order valence-corrected chi connectivity index (χ0v) is 14.6. The van der Waals surface area contributed by atoms with Crippen molar-refractivity contribution in [3.05, 3.63) is 84.2 Å². The zero-order valence-electron chi connectivity index (χ0n) is 14.6. The number of carbonyl (C=O) groups is 1. The lowest BCUT2D eigenvalue weighted by molar-refractivity contribution is 0.0954. The van der Waals surface area contributed by atoms with E-state index in [1.165, 1.54) is 0 Å². The van der Waals surface area contributed by atoms with Gasteiger partial charge < -0.3 is 15.4 Å². The number of pyridine rings is 1. The van der Waals surface area contributed by atoms with Crippen LogP contribution >= 0.6 is 0 Å². The Labute approximate surface area is 153 Å². The normalized spacial score (nSPS) is 10.2. The van der Waals surface area contributed by atoms with Crippen LogP contribution in [-0.2, 0) is 6.42 Å². The first kappa shape index (κ1) is 17.5. The zero-order chi connectivity index (χ0) is 18.2. The lowest BCUT2D eigenvalue weighted by atomic mass is 10.1. The number of benzene rings is 2. The third-order valence-corrected chi connectivity index (χ3v) is 3.93. The molecular formula is C21H21N3O2. The number of carbonyl (C=O) groups excluding carboxylic acids is 1. The molecule has 0 aliphatic rings. The van der Waals surface area contributed by atoms with Gasteiger partial charge in [0.2, 0.25) is 0 Å². The smallest absolute Gasteiger partial charge is 0.251 e. The van der Waals surface area contributed by atoms with Crippen LogP contribution in [0.1, 0.15) is 15.9 Å². The fourth-order valence-electron chi connectivity index (χ4n) is 2.56. The molecule has 1 heterocycles. The number of ether oxygens (including phenoxy) is 1. The van der Waals surface area contributed by atoms with Crippen LogP contribution in [0.5, 0.6) is 5.75 Å². The highest BCUT2D eigenvalue weighted by Gasteiger charge is 2.06. The predicted octanol–water partition coefficient (Wildman–Crippen LogP) is 3.81. The van der Waals surface area contributed by atoms with Crippen LogP contribution in [-0.4, -0.2) is 24.5 Å². The van der Waals surface area contributed by atoms with E-state index in [1.807, 2.05) is 54.6 Å². The Morgan fingerprint density at radius 3 is 2.58 bits per heavy atom. The van der Waals surface area contributed by atoms with Gasteiger partial charge in [0.15, 0.2) is 0 Å². The van der Waals surface area contributed by atoms with Gasteiger partial charge in [-0.15, -0.1) is 0 Å². The van der Waals surface area contributed by atoms with Crippen molar-refractivity contribution in [2.75, 3.05) is 19.0 Å². The van der Waals surface area contributed by atoms with Crippen molar-refractivity contribution in [3.8, 4) is 5.75 Å². The second-order valence-corrected chi connectivity index (χ2v) is 5.80. The lowest BCUT2D eigenvalue weighted by Gasteiger charge is -2.09. The minimum atomic E-state index is -0.0895. The molecule has 3 rings (SSSR count). The molecule has 0 fully saturated rings. The van der Waals surface area contributed by atoms with E-state index in [0.29, 0.717) is 12.1 Å². The summed E-state index contributed by atoms with van der Waals surface area (Å²) in [5.41, 5.74) is 3.50. The Balaban J connectivity index is 1.55. The minimum absolute atomic E-state index is 0.0895. The molecule has 0 aliphatic heterocycles. The molecule has 3 aromatic rings. The van der Waals surface area contributed by atoms with Crippen molar-refractivity contribution in [1.82, 2.24) is 10.3 Å². The summed E-state index contributed by atoms with van der Waals surface area (Å²) >= 11 is 0. The van der Waals surface area contributed by atoms with Gasteiger partial charge >= 0.3 is 0 Å². The van der Waals surface area contributed by atoms with Crippen LogP contribution in [0, 0.1) is 0 Å². The van der Waals surface area contributed by atoms with E-state index in [9.17, 15) is 4.79 Å². The Kier molecular flexibility index (Phi) is 5.83. The monoisotopic (exact) mass is 347 g/mol. The van der Waals surface area contributed by atoms with Crippen LogP contribution in [0.2, 0.25) is 0 Å². The summed E-state index contributed by atoms with van der Waals surface area (Å²) in [6.45, 7) is 0.575. The Morgan fingerprint density at radius 2 is 1.85 bits per heavy atom. The van der Waals surface area contributed by atoms with Crippen LogP contribution in [0.25, 0.3) is 0 Å². The SMILES string of the molecule is COc1ccc(CCNC(=O)c2cccc(Nc3cccnc3)c2)cc1. The van der Waals surface area contributed by atoms with Gasteiger partial charge in [-0.3, -0.25) is 9.78 Å². The molecule has 0 spiro atoms. The van der Waals surface area contributed by atoms with Gasteiger partial charge in [0, 0.05) is 24.0 Å². The summed E-state index contributed by atoms with van der Waals surface area (Å²) in [7, 11) is 1.65. The topological polar surface area (TPSA) is 63.2 Å². The number of rotatable bonds is 7. The van der Waals surface area contributed by atoms with E-state index in [0.717, 1.165) is 29.1 Å². The molecule has 0 atom stereocenters. The average molecular weight is 347 g/mol. The summed E-state index contributed by atoms with van der Waals surface area (Å²) in [6, 6.07) is 19.0. The van der Waals surface area contributed by atoms with Crippen LogP contribution in [0.15, 0.2) is 73.1 Å². The second-order valence-electron chi connectivity index (χ2n) is 5.80. The van der Waals surface area contributed by atoms with Crippen LogP contribution < -0.4 is 15.4 Å². The molecule has 5 heteroatoms. The number of anilines is 2. The third-order valence-electron chi connectivity index (χ3n) is 3.93. The van der Waals surface area contributed by atoms with E-state index in [4.69, 9.17) is 4.74 Å². The maximum absolute atomic E-state index is 12.4. The number of hydrogen-bond donors (Lipinski definition) is 2. The molecule has 1 aromatic heterocycles. The molecule has 0 radical (unpaired) electrons. The first-order chi connectivity index (χ1) is 12.7. The fourth-order valence-corrected chi connectivity index (χ4v) is 2.56. The summed E-state index contributed by atoms with van der Waals surface area (Å²) < 4.78 is 5.14. The average Bonchev–Trinajstić information content (AvgIpc) is 2.69. The Bertz CT molecular complexity index is 849. The standard InChI is InChI=1S/C21H21N3O2/c1-26-20-9-7-16(8-10-20)11-13-23-21(25)17-4-2-5-18(14-17)24-19-6-3-12-22-15-19/h2-10,12,14-15,24H,11,13H2,1H3,(H,23,25). The van der Waals surface area contributed by atoms with Gasteiger partial charge in [0.05, 0.1) is 19.0 Å². The number of methoxy groups -OCH3 is 1. The number of aromatic nitrogens is 1. The predicted molar refractivity (Wildman–Crippen MR) is 103 cm³/mol. The number of hydrogen-bond acceptors (Lipinski definition) is 4. The van der Waals surface area contributed by atoms with Crippen LogP contribution in [0.4, 0.5) is 11.4 Å². The first-order valence-corrected chi connectivity index (χ1v) is 8.43. The highest BCUT2D eigenvalue weighted by molar-refractivity contribution is 5.95. The van der Waals surface area contributed by atoms with Gasteiger partial charge in [-0.25, -0.2) is 0 Å². The van der Waals surface area contributed by atoms with Crippen molar-refractivity contribution in [3.63, 3.8) is 0 Å². The molecule has 26 heavy (non-hydrogen) atoms. The first-order valence-electron chi connectivity index (χ1n) is 8.43. The Morgan fingerprint density at radius 1 is 1.04 bits per heavy atom. The second kappa shape index (κ2) is 8.67. The van der Waals surface area contributed by atoms with Gasteiger partial charge in [-0.05, 0) is 54.4 Å². The molecule has 1 amide bonds. The van der Waals surface area contributed by atoms with E-state index < -0.39 is 0 Å². The Hall–Kier alpha value is -3.34. The molecule has 0 aliphatic carbocycles. The minimum Gasteiger partial charge on any atom is -0.497 e. The van der Waals surface area contributed by atoms with E-state index in [-0.39, 0.29) is 5.91 Å². The van der Waals surface area contributed by atoms with Gasteiger partial charge in [0.25, 0.3) is 5.91 Å². The van der Waals surface area contributed by atoms with Crippen LogP contribution in [0.3, 0.4) is 0 Å². The molecule has 2 N–H and O–H groups in total. The van der Waals surface area contributed by atoms with Gasteiger partial charge in [-0.2, -0.15) is 0 Å². The summed E-state index contributed by atoms with van der Waals surface area (Å²) in [5.74, 6) is 0.740. The number of nitrogens with one attached hydrogen (secondary N) is 2. The van der Waals surface area contributed by atoms with Crippen molar-refractivity contribution in [1.29, 1.82) is 0 Å². The van der Waals surface area contributed by atoms with Crippen molar-refractivity contribution in [2.45, 2.75) is 6.42 Å². The quantitative estimate of drug-likeness (QED) is 0.682. The number of nitrogens with zero attached hydrogens (tertiary/aromatic N) is 1. The van der Waals surface area contributed by atoms with Gasteiger partial charge in [-0.1, -0.05) is 18.2 Å². The molecule has 0 saturated carbocycles. The fraction of sp³-hybridized carbons (Fsp3) is 0.143. The van der Waals surface area contributed by atoms with Crippen molar-refractivity contribution in [2.24, 2.45) is 0 Å². The van der Waals surface area contributed by atoms with Crippen molar-refractivity contribution >= 4 is 17.3 Å². The molecule has 0 bridgehead atoms. The summed E-state index contributed by atoms with van der Waals surface area (Å²) in [6.07, 6.45) is 4.23. The highest BCUT2D eigenvalue weighted by atomic mass is 16.5. The molecule has 0 saturated heterocycles. The molecule has 132 valence electrons. The largest absolute Gasteiger partial charge is 0.497 e. The number of amides is 1. The third kappa shape index (κ3) is 4.83. The maximum atomic E-state index is 12.4. The summed E-state index contributed by atoms with van der Waals surface area (Å²) in [4.78, 5) is 16.4. The van der Waals surface area contributed by atoms with E-state index in [2.05, 4.69) is 15.6 Å². The molecule has 5 nitrogen and oxygen atoms in total. The van der Waals surface area contributed by atoms with Gasteiger partial charge in [0.1, 0.15) is 5.75 Å². The molecule has 0 unspecified atom stereocenters. The van der Waals surface area contributed by atoms with E-state index in [1.54, 1.807) is 25.6 Å².